The van der Waals surface area contributed by atoms with Gasteiger partial charge in [0, 0.05) is 23.5 Å². The van der Waals surface area contributed by atoms with Gasteiger partial charge >= 0.3 is 0 Å². The summed E-state index contributed by atoms with van der Waals surface area (Å²) in [4.78, 5) is 12.8. The molecule has 1 N–H and O–H groups in total. The predicted molar refractivity (Wildman–Crippen MR) is 102 cm³/mol. The van der Waals surface area contributed by atoms with Gasteiger partial charge in [0.25, 0.3) is 5.91 Å². The van der Waals surface area contributed by atoms with Crippen LogP contribution in [0.4, 0.5) is 5.69 Å². The molecular weight excluding hydrogens is 368 g/mol. The van der Waals surface area contributed by atoms with Crippen LogP contribution in [0.5, 0.6) is 11.5 Å². The number of carbonyl (C=O) groups excluding carboxylic acids is 1. The molecule has 4 rings (SSSR count). The number of amides is 1. The summed E-state index contributed by atoms with van der Waals surface area (Å²) in [6, 6.07) is 8.97. The number of aryl methyl sites for hydroxylation is 1. The third-order valence-corrected chi connectivity index (χ3v) is 4.91. The second kappa shape index (κ2) is 7.04. The van der Waals surface area contributed by atoms with E-state index in [0.717, 1.165) is 17.1 Å². The van der Waals surface area contributed by atoms with Crippen LogP contribution < -0.4 is 14.8 Å². The van der Waals surface area contributed by atoms with E-state index in [1.807, 2.05) is 36.6 Å². The van der Waals surface area contributed by atoms with Crippen LogP contribution in [0, 0.1) is 13.8 Å². The molecule has 0 saturated heterocycles. The third kappa shape index (κ3) is 3.40. The minimum atomic E-state index is -0.229. The van der Waals surface area contributed by atoms with E-state index < -0.39 is 0 Å². The van der Waals surface area contributed by atoms with Crippen LogP contribution >= 0.6 is 11.6 Å². The van der Waals surface area contributed by atoms with E-state index in [1.165, 1.54) is 0 Å². The van der Waals surface area contributed by atoms with Gasteiger partial charge in [0.05, 0.1) is 29.1 Å². The molecule has 2 aromatic heterocycles. The van der Waals surface area contributed by atoms with Crippen molar-refractivity contribution >= 4 is 23.2 Å². The van der Waals surface area contributed by atoms with Crippen molar-refractivity contribution in [3.8, 4) is 11.5 Å². The summed E-state index contributed by atoms with van der Waals surface area (Å²) in [6.45, 7) is 5.40. The number of halogens is 1. The number of ether oxygens (including phenoxy) is 2. The van der Waals surface area contributed by atoms with Crippen molar-refractivity contribution in [3.05, 3.63) is 64.3 Å². The van der Waals surface area contributed by atoms with E-state index in [0.29, 0.717) is 47.5 Å². The fraction of sp³-hybridized carbons (Fsp3) is 0.250. The molecule has 1 aliphatic rings. The molecule has 6 nitrogen and oxygen atoms in total. The average Bonchev–Trinajstić information content (AvgIpc) is 3.26. The average molecular weight is 387 g/mol. The van der Waals surface area contributed by atoms with Crippen molar-refractivity contribution in [2.75, 3.05) is 18.5 Å². The van der Waals surface area contributed by atoms with E-state index in [2.05, 4.69) is 5.32 Å². The standard InChI is InChI=1S/C20H19ClN2O4/c1-12-8-15(13(2)23(12)11-14-4-3-5-25-14)20(24)22-17-10-19-18(9-16(17)21)26-6-7-27-19/h3-5,8-10H,6-7,11H2,1-2H3,(H,22,24). The first-order chi connectivity index (χ1) is 13.0. The van der Waals surface area contributed by atoms with Gasteiger partial charge in [-0.05, 0) is 32.0 Å². The smallest absolute Gasteiger partial charge is 0.257 e. The van der Waals surface area contributed by atoms with E-state index in [1.54, 1.807) is 18.4 Å². The molecule has 7 heteroatoms. The van der Waals surface area contributed by atoms with Gasteiger partial charge in [-0.3, -0.25) is 4.79 Å². The summed E-state index contributed by atoms with van der Waals surface area (Å²) in [5, 5.41) is 3.27. The molecule has 1 aliphatic heterocycles. The van der Waals surface area contributed by atoms with Crippen molar-refractivity contribution in [2.45, 2.75) is 20.4 Å². The van der Waals surface area contributed by atoms with Crippen molar-refractivity contribution < 1.29 is 18.7 Å². The quantitative estimate of drug-likeness (QED) is 0.720. The summed E-state index contributed by atoms with van der Waals surface area (Å²) in [7, 11) is 0. The van der Waals surface area contributed by atoms with E-state index >= 15 is 0 Å². The van der Waals surface area contributed by atoms with Crippen LogP contribution in [0.1, 0.15) is 27.5 Å². The maximum atomic E-state index is 12.8. The Kier molecular flexibility index (Phi) is 4.58. The highest BCUT2D eigenvalue weighted by Gasteiger charge is 2.20. The molecular formula is C20H19ClN2O4. The molecule has 3 aromatic rings. The van der Waals surface area contributed by atoms with Crippen molar-refractivity contribution in [3.63, 3.8) is 0 Å². The highest BCUT2D eigenvalue weighted by atomic mass is 35.5. The number of aromatic nitrogens is 1. The lowest BCUT2D eigenvalue weighted by Gasteiger charge is -2.20. The number of nitrogens with zero attached hydrogens (tertiary/aromatic N) is 1. The summed E-state index contributed by atoms with van der Waals surface area (Å²) in [5.41, 5.74) is 2.91. The Bertz CT molecular complexity index is 992. The molecule has 0 spiro atoms. The molecule has 3 heterocycles. The van der Waals surface area contributed by atoms with E-state index in [4.69, 9.17) is 25.5 Å². The number of hydrogen-bond donors (Lipinski definition) is 1. The van der Waals surface area contributed by atoms with Crippen molar-refractivity contribution in [1.29, 1.82) is 0 Å². The maximum absolute atomic E-state index is 12.8. The molecule has 1 aromatic carbocycles. The molecule has 1 amide bonds. The lowest BCUT2D eigenvalue weighted by molar-refractivity contribution is 0.102. The second-order valence-corrected chi connectivity index (χ2v) is 6.79. The zero-order chi connectivity index (χ0) is 19.0. The molecule has 0 aliphatic carbocycles. The van der Waals surface area contributed by atoms with Crippen molar-refractivity contribution in [1.82, 2.24) is 4.57 Å². The molecule has 140 valence electrons. The Balaban J connectivity index is 1.59. The van der Waals surface area contributed by atoms with Gasteiger partial charge in [0.15, 0.2) is 11.5 Å². The Morgan fingerprint density at radius 3 is 2.63 bits per heavy atom. The molecule has 0 saturated carbocycles. The number of fused-ring (bicyclic) bond motifs is 1. The zero-order valence-electron chi connectivity index (χ0n) is 15.0. The lowest BCUT2D eigenvalue weighted by atomic mass is 10.2. The SMILES string of the molecule is Cc1cc(C(=O)Nc2cc3c(cc2Cl)OCCO3)c(C)n1Cc1ccco1. The largest absolute Gasteiger partial charge is 0.486 e. The van der Waals surface area contributed by atoms with Gasteiger partial charge in [0.2, 0.25) is 0 Å². The number of anilines is 1. The van der Waals surface area contributed by atoms with Crippen molar-refractivity contribution in [2.24, 2.45) is 0 Å². The third-order valence-electron chi connectivity index (χ3n) is 4.59. The Morgan fingerprint density at radius 2 is 1.93 bits per heavy atom. The normalized spacial score (nSPS) is 12.9. The van der Waals surface area contributed by atoms with Gasteiger partial charge < -0.3 is 23.8 Å². The van der Waals surface area contributed by atoms with E-state index in [-0.39, 0.29) is 5.91 Å². The fourth-order valence-corrected chi connectivity index (χ4v) is 3.38. The minimum absolute atomic E-state index is 0.229. The number of hydrogen-bond acceptors (Lipinski definition) is 4. The summed E-state index contributed by atoms with van der Waals surface area (Å²) < 4.78 is 18.5. The molecule has 0 fully saturated rings. The lowest BCUT2D eigenvalue weighted by Crippen LogP contribution is -2.17. The number of carbonyl (C=O) groups is 1. The van der Waals surface area contributed by atoms with Gasteiger partial charge in [-0.25, -0.2) is 0 Å². The topological polar surface area (TPSA) is 65.6 Å². The first-order valence-corrected chi connectivity index (χ1v) is 9.00. The fourth-order valence-electron chi connectivity index (χ4n) is 3.18. The van der Waals surface area contributed by atoms with Crippen LogP contribution in [-0.4, -0.2) is 23.7 Å². The Labute approximate surface area is 161 Å². The molecule has 0 radical (unpaired) electrons. The first kappa shape index (κ1) is 17.5. The number of rotatable bonds is 4. The highest BCUT2D eigenvalue weighted by molar-refractivity contribution is 6.34. The summed E-state index contributed by atoms with van der Waals surface area (Å²) in [6.07, 6.45) is 1.64. The molecule has 27 heavy (non-hydrogen) atoms. The van der Waals surface area contributed by atoms with Gasteiger partial charge in [-0.2, -0.15) is 0 Å². The van der Waals surface area contributed by atoms with Crippen LogP contribution in [-0.2, 0) is 6.54 Å². The Morgan fingerprint density at radius 1 is 1.19 bits per heavy atom. The maximum Gasteiger partial charge on any atom is 0.257 e. The van der Waals surface area contributed by atoms with E-state index in [9.17, 15) is 4.79 Å². The second-order valence-electron chi connectivity index (χ2n) is 6.38. The summed E-state index contributed by atoms with van der Waals surface area (Å²) in [5.74, 6) is 1.76. The minimum Gasteiger partial charge on any atom is -0.486 e. The monoisotopic (exact) mass is 386 g/mol. The number of nitrogens with one attached hydrogen (secondary N) is 1. The van der Waals surface area contributed by atoms with Gasteiger partial charge in [-0.1, -0.05) is 11.6 Å². The Hall–Kier alpha value is -2.86. The molecule has 0 atom stereocenters. The van der Waals surface area contributed by atoms with Crippen LogP contribution in [0.2, 0.25) is 5.02 Å². The van der Waals surface area contributed by atoms with Crippen LogP contribution in [0.25, 0.3) is 0 Å². The summed E-state index contributed by atoms with van der Waals surface area (Å²) >= 11 is 6.30. The van der Waals surface area contributed by atoms with Gasteiger partial charge in [-0.15, -0.1) is 0 Å². The van der Waals surface area contributed by atoms with Crippen LogP contribution in [0.15, 0.2) is 41.0 Å². The highest BCUT2D eigenvalue weighted by Crippen LogP contribution is 2.38. The van der Waals surface area contributed by atoms with Crippen LogP contribution in [0.3, 0.4) is 0 Å². The predicted octanol–water partition coefficient (Wildman–Crippen LogP) is 4.42. The molecule has 0 bridgehead atoms. The zero-order valence-corrected chi connectivity index (χ0v) is 15.8. The number of furan rings is 1. The first-order valence-electron chi connectivity index (χ1n) is 8.62. The number of benzene rings is 1. The van der Waals surface area contributed by atoms with Gasteiger partial charge in [0.1, 0.15) is 19.0 Å². The molecule has 0 unspecified atom stereocenters.